The highest BCUT2D eigenvalue weighted by molar-refractivity contribution is 5.70. The third-order valence-corrected chi connectivity index (χ3v) is 3.09. The minimum Gasteiger partial charge on any atom is -0.481 e. The number of hydrogen-bond donors (Lipinski definition) is 1. The number of nitrogens with zero attached hydrogens (tertiary/aromatic N) is 3. The third kappa shape index (κ3) is 1.86. The zero-order valence-electron chi connectivity index (χ0n) is 8.76. The molecule has 1 aromatic heterocycles. The first-order valence-corrected chi connectivity index (χ1v) is 5.33. The SMILES string of the molecule is CCn1ncnc1C1CCC(C(=O)O)C1. The normalized spacial score (nSPS) is 25.7. The van der Waals surface area contributed by atoms with Crippen LogP contribution in [0.5, 0.6) is 0 Å². The molecule has 0 amide bonds. The summed E-state index contributed by atoms with van der Waals surface area (Å²) in [7, 11) is 0. The Morgan fingerprint density at radius 2 is 2.47 bits per heavy atom. The highest BCUT2D eigenvalue weighted by atomic mass is 16.4. The highest BCUT2D eigenvalue weighted by Crippen LogP contribution is 2.37. The number of carboxylic acid groups (broad SMARTS) is 1. The molecule has 1 fully saturated rings. The fourth-order valence-corrected chi connectivity index (χ4v) is 2.27. The van der Waals surface area contributed by atoms with Gasteiger partial charge in [-0.2, -0.15) is 5.10 Å². The van der Waals surface area contributed by atoms with Crippen molar-refractivity contribution in [2.75, 3.05) is 0 Å². The van der Waals surface area contributed by atoms with Crippen LogP contribution in [0.15, 0.2) is 6.33 Å². The van der Waals surface area contributed by atoms with Crippen LogP contribution in [0.1, 0.15) is 37.9 Å². The Bertz CT molecular complexity index is 361. The van der Waals surface area contributed by atoms with Crippen LogP contribution in [0, 0.1) is 5.92 Å². The number of aryl methyl sites for hydroxylation is 1. The topological polar surface area (TPSA) is 68.0 Å². The van der Waals surface area contributed by atoms with Crippen molar-refractivity contribution in [2.24, 2.45) is 5.92 Å². The third-order valence-electron chi connectivity index (χ3n) is 3.09. The van der Waals surface area contributed by atoms with E-state index >= 15 is 0 Å². The maximum atomic E-state index is 10.8. The van der Waals surface area contributed by atoms with Crippen LogP contribution in [-0.2, 0) is 11.3 Å². The Morgan fingerprint density at radius 3 is 3.07 bits per heavy atom. The van der Waals surface area contributed by atoms with E-state index in [0.717, 1.165) is 25.2 Å². The molecule has 0 bridgehead atoms. The largest absolute Gasteiger partial charge is 0.481 e. The Morgan fingerprint density at radius 1 is 1.67 bits per heavy atom. The molecule has 1 N–H and O–H groups in total. The minimum atomic E-state index is -0.680. The van der Waals surface area contributed by atoms with E-state index in [9.17, 15) is 4.79 Å². The molecule has 1 heterocycles. The molecule has 0 aliphatic heterocycles. The smallest absolute Gasteiger partial charge is 0.306 e. The maximum Gasteiger partial charge on any atom is 0.306 e. The van der Waals surface area contributed by atoms with Gasteiger partial charge in [0.1, 0.15) is 12.2 Å². The van der Waals surface area contributed by atoms with Crippen molar-refractivity contribution in [1.82, 2.24) is 14.8 Å². The lowest BCUT2D eigenvalue weighted by molar-refractivity contribution is -0.141. The van der Waals surface area contributed by atoms with Crippen molar-refractivity contribution in [3.63, 3.8) is 0 Å². The lowest BCUT2D eigenvalue weighted by atomic mass is 10.0. The fourth-order valence-electron chi connectivity index (χ4n) is 2.27. The van der Waals surface area contributed by atoms with Gasteiger partial charge in [-0.15, -0.1) is 0 Å². The second-order valence-corrected chi connectivity index (χ2v) is 3.98. The van der Waals surface area contributed by atoms with Crippen molar-refractivity contribution in [3.8, 4) is 0 Å². The van der Waals surface area contributed by atoms with E-state index in [1.165, 1.54) is 0 Å². The standard InChI is InChI=1S/C10H15N3O2/c1-2-13-9(11-6-12-13)7-3-4-8(5-7)10(14)15/h6-8H,2-5H2,1H3,(H,14,15). The number of rotatable bonds is 3. The Balaban J connectivity index is 2.10. The predicted octanol–water partition coefficient (Wildman–Crippen LogP) is 1.27. The molecule has 1 aliphatic carbocycles. The summed E-state index contributed by atoms with van der Waals surface area (Å²) in [6.45, 7) is 2.81. The summed E-state index contributed by atoms with van der Waals surface area (Å²) in [4.78, 5) is 15.1. The zero-order chi connectivity index (χ0) is 10.8. The van der Waals surface area contributed by atoms with Gasteiger partial charge in [0, 0.05) is 12.5 Å². The lowest BCUT2D eigenvalue weighted by Crippen LogP contribution is -2.11. The molecule has 2 unspecified atom stereocenters. The van der Waals surface area contributed by atoms with Gasteiger partial charge in [0.25, 0.3) is 0 Å². The molecular weight excluding hydrogens is 194 g/mol. The highest BCUT2D eigenvalue weighted by Gasteiger charge is 2.32. The minimum absolute atomic E-state index is 0.197. The number of carbonyl (C=O) groups is 1. The van der Waals surface area contributed by atoms with Crippen LogP contribution >= 0.6 is 0 Å². The summed E-state index contributed by atoms with van der Waals surface area (Å²) in [5.74, 6) is 0.340. The maximum absolute atomic E-state index is 10.8. The average molecular weight is 209 g/mol. The van der Waals surface area contributed by atoms with E-state index < -0.39 is 5.97 Å². The summed E-state index contributed by atoms with van der Waals surface area (Å²) in [5.41, 5.74) is 0. The first kappa shape index (κ1) is 10.1. The van der Waals surface area contributed by atoms with Crippen molar-refractivity contribution in [2.45, 2.75) is 38.6 Å². The first-order chi connectivity index (χ1) is 7.22. The van der Waals surface area contributed by atoms with Crippen LogP contribution in [0.25, 0.3) is 0 Å². The Hall–Kier alpha value is -1.39. The molecule has 1 aromatic rings. The molecule has 2 atom stereocenters. The van der Waals surface area contributed by atoms with Crippen LogP contribution in [-0.4, -0.2) is 25.8 Å². The number of hydrogen-bond acceptors (Lipinski definition) is 3. The predicted molar refractivity (Wildman–Crippen MR) is 53.4 cm³/mol. The zero-order valence-corrected chi connectivity index (χ0v) is 8.76. The first-order valence-electron chi connectivity index (χ1n) is 5.33. The molecule has 5 heteroatoms. The van der Waals surface area contributed by atoms with E-state index in [0.29, 0.717) is 6.42 Å². The number of aliphatic carboxylic acids is 1. The van der Waals surface area contributed by atoms with Crippen LogP contribution in [0.2, 0.25) is 0 Å². The van der Waals surface area contributed by atoms with Gasteiger partial charge < -0.3 is 5.11 Å². The summed E-state index contributed by atoms with van der Waals surface area (Å²) in [6, 6.07) is 0. The van der Waals surface area contributed by atoms with Crippen LogP contribution in [0.4, 0.5) is 0 Å². The van der Waals surface area contributed by atoms with Crippen molar-refractivity contribution in [1.29, 1.82) is 0 Å². The van der Waals surface area contributed by atoms with Crippen molar-refractivity contribution >= 4 is 5.97 Å². The van der Waals surface area contributed by atoms with Crippen LogP contribution in [0.3, 0.4) is 0 Å². The second-order valence-electron chi connectivity index (χ2n) is 3.98. The van der Waals surface area contributed by atoms with Gasteiger partial charge in [-0.1, -0.05) is 0 Å². The summed E-state index contributed by atoms with van der Waals surface area (Å²) < 4.78 is 1.86. The van der Waals surface area contributed by atoms with Gasteiger partial charge in [0.15, 0.2) is 0 Å². The molecule has 15 heavy (non-hydrogen) atoms. The van der Waals surface area contributed by atoms with Gasteiger partial charge >= 0.3 is 5.97 Å². The summed E-state index contributed by atoms with van der Waals surface area (Å²) in [6.07, 6.45) is 3.92. The molecule has 0 radical (unpaired) electrons. The van der Waals surface area contributed by atoms with Gasteiger partial charge in [-0.3, -0.25) is 9.48 Å². The monoisotopic (exact) mass is 209 g/mol. The molecule has 5 nitrogen and oxygen atoms in total. The average Bonchev–Trinajstić information content (AvgIpc) is 2.85. The molecule has 2 rings (SSSR count). The van der Waals surface area contributed by atoms with Crippen LogP contribution < -0.4 is 0 Å². The van der Waals surface area contributed by atoms with Crippen molar-refractivity contribution in [3.05, 3.63) is 12.2 Å². The molecule has 0 saturated heterocycles. The van der Waals surface area contributed by atoms with E-state index in [1.54, 1.807) is 6.33 Å². The Kier molecular flexibility index (Phi) is 2.70. The molecule has 82 valence electrons. The number of aromatic nitrogens is 3. The van der Waals surface area contributed by atoms with E-state index in [1.807, 2.05) is 11.6 Å². The molecule has 0 spiro atoms. The quantitative estimate of drug-likeness (QED) is 0.813. The van der Waals surface area contributed by atoms with Gasteiger partial charge in [0.05, 0.1) is 5.92 Å². The molecular formula is C10H15N3O2. The molecule has 1 saturated carbocycles. The summed E-state index contributed by atoms with van der Waals surface area (Å²) >= 11 is 0. The molecule has 1 aliphatic rings. The second kappa shape index (κ2) is 4.00. The Labute approximate surface area is 88.1 Å². The van der Waals surface area contributed by atoms with E-state index in [4.69, 9.17) is 5.11 Å². The molecule has 0 aromatic carbocycles. The summed E-state index contributed by atoms with van der Waals surface area (Å²) in [5, 5.41) is 13.0. The number of carboxylic acids is 1. The lowest BCUT2D eigenvalue weighted by Gasteiger charge is -2.09. The van der Waals surface area contributed by atoms with E-state index in [-0.39, 0.29) is 11.8 Å². The van der Waals surface area contributed by atoms with Crippen molar-refractivity contribution < 1.29 is 9.90 Å². The van der Waals surface area contributed by atoms with Gasteiger partial charge in [-0.25, -0.2) is 4.98 Å². The van der Waals surface area contributed by atoms with Gasteiger partial charge in [-0.05, 0) is 26.2 Å². The fraction of sp³-hybridized carbons (Fsp3) is 0.700. The van der Waals surface area contributed by atoms with Gasteiger partial charge in [0.2, 0.25) is 0 Å². The van der Waals surface area contributed by atoms with E-state index in [2.05, 4.69) is 10.1 Å².